The lowest BCUT2D eigenvalue weighted by atomic mass is 9.96. The number of hydrogen-bond donors (Lipinski definition) is 2. The van der Waals surface area contributed by atoms with E-state index in [-0.39, 0.29) is 5.56 Å². The predicted octanol–water partition coefficient (Wildman–Crippen LogP) is 6.08. The number of hydrogen-bond acceptors (Lipinski definition) is 6. The third kappa shape index (κ3) is 6.48. The van der Waals surface area contributed by atoms with Crippen LogP contribution >= 0.6 is 0 Å². The van der Waals surface area contributed by atoms with Crippen LogP contribution in [0.1, 0.15) is 36.0 Å². The molecule has 1 aromatic heterocycles. The van der Waals surface area contributed by atoms with Gasteiger partial charge in [0, 0.05) is 67.2 Å². The maximum atomic E-state index is 12.7. The van der Waals surface area contributed by atoms with Crippen LogP contribution in [0.15, 0.2) is 83.7 Å². The van der Waals surface area contributed by atoms with Crippen molar-refractivity contribution in [1.29, 1.82) is 0 Å². The maximum Gasteiger partial charge on any atom is 0.250 e. The number of likely N-dealkylation sites (tertiary alicyclic amines) is 1. The van der Waals surface area contributed by atoms with Crippen molar-refractivity contribution < 1.29 is 9.47 Å². The Balaban J connectivity index is 1.03. The molecular formula is C36H40N4O3. The molecule has 7 nitrogen and oxygen atoms in total. The molecule has 1 unspecified atom stereocenters. The van der Waals surface area contributed by atoms with Crippen molar-refractivity contribution in [2.45, 2.75) is 38.1 Å². The van der Waals surface area contributed by atoms with Gasteiger partial charge in [-0.1, -0.05) is 42.5 Å². The molecule has 1 atom stereocenters. The average molecular weight is 577 g/mol. The Morgan fingerprint density at radius 1 is 0.860 bits per heavy atom. The number of morpholine rings is 1. The highest BCUT2D eigenvalue weighted by Gasteiger charge is 2.23. The second kappa shape index (κ2) is 12.7. The van der Waals surface area contributed by atoms with E-state index in [1.807, 2.05) is 6.07 Å². The summed E-state index contributed by atoms with van der Waals surface area (Å²) in [6.07, 6.45) is 5.45. The van der Waals surface area contributed by atoms with Gasteiger partial charge in [0.2, 0.25) is 5.56 Å². The zero-order chi connectivity index (χ0) is 29.0. The van der Waals surface area contributed by atoms with E-state index in [9.17, 15) is 4.79 Å². The molecule has 2 saturated heterocycles. The zero-order valence-electron chi connectivity index (χ0n) is 24.7. The van der Waals surface area contributed by atoms with Crippen LogP contribution in [0.5, 0.6) is 11.5 Å². The summed E-state index contributed by atoms with van der Waals surface area (Å²) < 4.78 is 12.0. The van der Waals surface area contributed by atoms with Crippen LogP contribution in [0.3, 0.4) is 0 Å². The van der Waals surface area contributed by atoms with E-state index in [1.165, 1.54) is 30.5 Å². The lowest BCUT2D eigenvalue weighted by Gasteiger charge is -2.29. The monoisotopic (exact) mass is 576 g/mol. The van der Waals surface area contributed by atoms with Gasteiger partial charge in [0.05, 0.1) is 18.9 Å². The van der Waals surface area contributed by atoms with Crippen LogP contribution in [0.2, 0.25) is 0 Å². The molecule has 7 heteroatoms. The van der Waals surface area contributed by atoms with Gasteiger partial charge in [-0.15, -0.1) is 0 Å². The molecule has 4 aromatic rings. The molecule has 0 radical (unpaired) electrons. The van der Waals surface area contributed by atoms with Crippen molar-refractivity contribution in [3.63, 3.8) is 0 Å². The first-order chi connectivity index (χ1) is 21.2. The molecule has 0 aliphatic carbocycles. The van der Waals surface area contributed by atoms with E-state index < -0.39 is 0 Å². The first-order valence-electron chi connectivity index (χ1n) is 15.7. The Morgan fingerprint density at radius 2 is 1.74 bits per heavy atom. The van der Waals surface area contributed by atoms with Crippen molar-refractivity contribution in [2.24, 2.45) is 0 Å². The van der Waals surface area contributed by atoms with Crippen molar-refractivity contribution in [3.05, 3.63) is 106 Å². The van der Waals surface area contributed by atoms with Crippen molar-refractivity contribution in [3.8, 4) is 22.8 Å². The van der Waals surface area contributed by atoms with E-state index in [1.54, 1.807) is 6.07 Å². The lowest BCUT2D eigenvalue weighted by molar-refractivity contribution is 0.122. The summed E-state index contributed by atoms with van der Waals surface area (Å²) in [7, 11) is 0. The molecule has 0 saturated carbocycles. The Labute approximate surface area is 253 Å². The fraction of sp³-hybridized carbons (Fsp3) is 0.361. The third-order valence-electron chi connectivity index (χ3n) is 9.00. The van der Waals surface area contributed by atoms with Gasteiger partial charge < -0.3 is 29.6 Å². The largest absolute Gasteiger partial charge is 0.456 e. The fourth-order valence-electron chi connectivity index (χ4n) is 6.65. The number of rotatable bonds is 7. The molecule has 222 valence electrons. The number of pyridine rings is 1. The smallest absolute Gasteiger partial charge is 0.250 e. The summed E-state index contributed by atoms with van der Waals surface area (Å²) in [5.74, 6) is 1.70. The molecule has 43 heavy (non-hydrogen) atoms. The molecule has 0 bridgehead atoms. The number of benzene rings is 3. The molecule has 3 aliphatic rings. The molecule has 0 spiro atoms. The number of nitrogens with zero attached hydrogens (tertiary/aromatic N) is 2. The number of ether oxygens (including phenoxy) is 2. The third-order valence-corrected chi connectivity index (χ3v) is 9.00. The number of anilines is 2. The second-order valence-electron chi connectivity index (χ2n) is 12.0. The summed E-state index contributed by atoms with van der Waals surface area (Å²) in [6, 6.07) is 27.7. The standard InChI is InChI=1S/C36H40N4O3/c41-35-25-31(40-18-20-42-21-19-40)24-33(38-35)32-10-4-8-27-22-28-23-30(11-12-34(28)43-36(27)32)37-29-9-5-15-39(17-14-29)16-13-26-6-2-1-3-7-26/h1-4,6-8,10-12,23-25,29,37H,5,9,13-22H2,(H,38,41). The van der Waals surface area contributed by atoms with Crippen molar-refractivity contribution in [2.75, 3.05) is 56.2 Å². The number of fused-ring (bicyclic) bond motifs is 2. The van der Waals surface area contributed by atoms with E-state index in [0.717, 1.165) is 85.1 Å². The minimum atomic E-state index is -0.110. The van der Waals surface area contributed by atoms with E-state index >= 15 is 0 Å². The number of para-hydroxylation sites is 1. The first kappa shape index (κ1) is 27.7. The highest BCUT2D eigenvalue weighted by Crippen LogP contribution is 2.43. The SMILES string of the molecule is O=c1cc(N2CCOCC2)cc(-c2cccc3c2Oc2ccc(NC4CCCN(CCc5ccccc5)CC4)cc2C3)[nH]1. The summed E-state index contributed by atoms with van der Waals surface area (Å²) in [5.41, 5.74) is 7.39. The molecule has 3 aliphatic heterocycles. The molecule has 0 amide bonds. The van der Waals surface area contributed by atoms with Gasteiger partial charge in [-0.2, -0.15) is 0 Å². The summed E-state index contributed by atoms with van der Waals surface area (Å²) in [6.45, 7) is 6.33. The molecule has 2 N–H and O–H groups in total. The van der Waals surface area contributed by atoms with Crippen LogP contribution in [-0.4, -0.2) is 61.9 Å². The Bertz CT molecular complexity index is 1610. The molecular weight excluding hydrogens is 536 g/mol. The number of nitrogens with one attached hydrogen (secondary N) is 2. The zero-order valence-corrected chi connectivity index (χ0v) is 24.7. The van der Waals surface area contributed by atoms with Gasteiger partial charge in [-0.3, -0.25) is 4.79 Å². The second-order valence-corrected chi connectivity index (χ2v) is 12.0. The summed E-state index contributed by atoms with van der Waals surface area (Å²) >= 11 is 0. The molecule has 2 fully saturated rings. The van der Waals surface area contributed by atoms with E-state index in [4.69, 9.17) is 9.47 Å². The summed E-state index contributed by atoms with van der Waals surface area (Å²) in [4.78, 5) is 20.5. The first-order valence-corrected chi connectivity index (χ1v) is 15.7. The average Bonchev–Trinajstić information content (AvgIpc) is 3.28. The lowest BCUT2D eigenvalue weighted by Crippen LogP contribution is -2.36. The van der Waals surface area contributed by atoms with Crippen molar-refractivity contribution in [1.82, 2.24) is 9.88 Å². The van der Waals surface area contributed by atoms with Crippen LogP contribution in [0, 0.1) is 0 Å². The quantitative estimate of drug-likeness (QED) is 0.245. The normalized spacial score (nSPS) is 18.7. The van der Waals surface area contributed by atoms with Gasteiger partial charge in [-0.05, 0) is 73.7 Å². The van der Waals surface area contributed by atoms with Gasteiger partial charge in [0.15, 0.2) is 0 Å². The predicted molar refractivity (Wildman–Crippen MR) is 173 cm³/mol. The van der Waals surface area contributed by atoms with Gasteiger partial charge in [0.25, 0.3) is 0 Å². The van der Waals surface area contributed by atoms with E-state index in [0.29, 0.717) is 19.3 Å². The van der Waals surface area contributed by atoms with Gasteiger partial charge >= 0.3 is 0 Å². The van der Waals surface area contributed by atoms with Crippen LogP contribution in [-0.2, 0) is 17.6 Å². The number of aromatic nitrogens is 1. The minimum Gasteiger partial charge on any atom is -0.456 e. The highest BCUT2D eigenvalue weighted by atomic mass is 16.5. The van der Waals surface area contributed by atoms with Crippen molar-refractivity contribution >= 4 is 11.4 Å². The Kier molecular flexibility index (Phi) is 8.17. The van der Waals surface area contributed by atoms with E-state index in [2.05, 4.69) is 86.8 Å². The maximum absolute atomic E-state index is 12.7. The fourth-order valence-corrected chi connectivity index (χ4v) is 6.65. The Morgan fingerprint density at radius 3 is 2.63 bits per heavy atom. The van der Waals surface area contributed by atoms with Gasteiger partial charge in [-0.25, -0.2) is 0 Å². The number of H-pyrrole nitrogens is 1. The topological polar surface area (TPSA) is 69.8 Å². The van der Waals surface area contributed by atoms with Crippen LogP contribution in [0.25, 0.3) is 11.3 Å². The summed E-state index contributed by atoms with van der Waals surface area (Å²) in [5, 5.41) is 3.83. The minimum absolute atomic E-state index is 0.110. The molecule has 7 rings (SSSR count). The number of aromatic amines is 1. The Hall–Kier alpha value is -4.07. The van der Waals surface area contributed by atoms with Crippen LogP contribution < -0.4 is 20.5 Å². The van der Waals surface area contributed by atoms with Gasteiger partial charge in [0.1, 0.15) is 11.5 Å². The highest BCUT2D eigenvalue weighted by molar-refractivity contribution is 5.74. The van der Waals surface area contributed by atoms with Crippen LogP contribution in [0.4, 0.5) is 11.4 Å². The molecule has 4 heterocycles. The molecule has 3 aromatic carbocycles.